The van der Waals surface area contributed by atoms with E-state index in [0.29, 0.717) is 0 Å². The molecule has 11 heavy (non-hydrogen) atoms. The molecule has 0 spiro atoms. The zero-order chi connectivity index (χ0) is 8.27. The number of aliphatic hydroxyl groups excluding tert-OH is 1. The van der Waals surface area contributed by atoms with Crippen LogP contribution in [0.1, 0.15) is 18.6 Å². The minimum absolute atomic E-state index is 0.415. The van der Waals surface area contributed by atoms with E-state index in [0.717, 1.165) is 11.3 Å². The standard InChI is InChI=1S/C8H12N2O/c1-6(11)7-2-4-8(10-9)5-3-7/h2-6,10-11H,9H2,1H3. The molecule has 60 valence electrons. The van der Waals surface area contributed by atoms with Gasteiger partial charge in [0.2, 0.25) is 0 Å². The highest BCUT2D eigenvalue weighted by Crippen LogP contribution is 2.14. The lowest BCUT2D eigenvalue weighted by Gasteiger charge is -2.04. The number of benzene rings is 1. The van der Waals surface area contributed by atoms with Crippen molar-refractivity contribution < 1.29 is 5.11 Å². The number of nitrogens with two attached hydrogens (primary N) is 1. The molecule has 0 amide bonds. The van der Waals surface area contributed by atoms with Crippen LogP contribution in [-0.4, -0.2) is 5.11 Å². The third-order valence-electron chi connectivity index (χ3n) is 1.56. The van der Waals surface area contributed by atoms with Crippen molar-refractivity contribution >= 4 is 5.69 Å². The van der Waals surface area contributed by atoms with E-state index in [4.69, 9.17) is 10.9 Å². The van der Waals surface area contributed by atoms with Gasteiger partial charge in [0.25, 0.3) is 0 Å². The Morgan fingerprint density at radius 3 is 2.27 bits per heavy atom. The van der Waals surface area contributed by atoms with Gasteiger partial charge in [-0.05, 0) is 24.6 Å². The Morgan fingerprint density at radius 2 is 1.91 bits per heavy atom. The topological polar surface area (TPSA) is 58.3 Å². The van der Waals surface area contributed by atoms with Crippen molar-refractivity contribution in [2.45, 2.75) is 13.0 Å². The van der Waals surface area contributed by atoms with E-state index in [1.165, 1.54) is 0 Å². The van der Waals surface area contributed by atoms with E-state index in [-0.39, 0.29) is 0 Å². The lowest BCUT2D eigenvalue weighted by molar-refractivity contribution is 0.199. The van der Waals surface area contributed by atoms with Gasteiger partial charge < -0.3 is 10.5 Å². The quantitative estimate of drug-likeness (QED) is 0.438. The highest BCUT2D eigenvalue weighted by atomic mass is 16.3. The monoisotopic (exact) mass is 152 g/mol. The van der Waals surface area contributed by atoms with Crippen molar-refractivity contribution in [3.05, 3.63) is 29.8 Å². The first kappa shape index (κ1) is 8.04. The molecule has 0 aliphatic heterocycles. The summed E-state index contributed by atoms with van der Waals surface area (Å²) in [5.41, 5.74) is 4.25. The van der Waals surface area contributed by atoms with Gasteiger partial charge in [0.15, 0.2) is 0 Å². The second kappa shape index (κ2) is 3.37. The van der Waals surface area contributed by atoms with Crippen LogP contribution in [0.2, 0.25) is 0 Å². The molecule has 1 rings (SSSR count). The van der Waals surface area contributed by atoms with Crippen LogP contribution in [0, 0.1) is 0 Å². The average molecular weight is 152 g/mol. The van der Waals surface area contributed by atoms with Gasteiger partial charge in [-0.15, -0.1) is 0 Å². The zero-order valence-electron chi connectivity index (χ0n) is 6.41. The van der Waals surface area contributed by atoms with Crippen LogP contribution in [0.5, 0.6) is 0 Å². The molecule has 3 nitrogen and oxygen atoms in total. The first-order valence-corrected chi connectivity index (χ1v) is 3.48. The van der Waals surface area contributed by atoms with E-state index in [9.17, 15) is 0 Å². The fraction of sp³-hybridized carbons (Fsp3) is 0.250. The number of hydrogen-bond donors (Lipinski definition) is 3. The third-order valence-corrected chi connectivity index (χ3v) is 1.56. The van der Waals surface area contributed by atoms with Crippen LogP contribution >= 0.6 is 0 Å². The van der Waals surface area contributed by atoms with Gasteiger partial charge in [-0.25, -0.2) is 0 Å². The van der Waals surface area contributed by atoms with E-state index in [1.807, 2.05) is 24.3 Å². The molecule has 4 N–H and O–H groups in total. The molecule has 0 fully saturated rings. The lowest BCUT2D eigenvalue weighted by atomic mass is 10.1. The Morgan fingerprint density at radius 1 is 1.36 bits per heavy atom. The molecule has 0 aliphatic carbocycles. The molecule has 3 heteroatoms. The Kier molecular flexibility index (Phi) is 2.46. The van der Waals surface area contributed by atoms with Gasteiger partial charge in [0.1, 0.15) is 0 Å². The van der Waals surface area contributed by atoms with Gasteiger partial charge >= 0.3 is 0 Å². The van der Waals surface area contributed by atoms with Crippen molar-refractivity contribution in [2.75, 3.05) is 5.43 Å². The maximum absolute atomic E-state index is 9.14. The first-order valence-electron chi connectivity index (χ1n) is 3.48. The highest BCUT2D eigenvalue weighted by molar-refractivity contribution is 5.43. The third kappa shape index (κ3) is 1.93. The minimum atomic E-state index is -0.415. The fourth-order valence-electron chi connectivity index (χ4n) is 0.858. The molecule has 1 aromatic rings. The van der Waals surface area contributed by atoms with Crippen molar-refractivity contribution in [1.29, 1.82) is 0 Å². The molecule has 1 atom stereocenters. The SMILES string of the molecule is CC(O)c1ccc(NN)cc1. The normalized spacial score (nSPS) is 12.6. The van der Waals surface area contributed by atoms with Gasteiger partial charge in [-0.3, -0.25) is 5.84 Å². The second-order valence-electron chi connectivity index (χ2n) is 2.44. The van der Waals surface area contributed by atoms with Crippen LogP contribution in [0.4, 0.5) is 5.69 Å². The number of hydrazine groups is 1. The molecule has 0 aliphatic rings. The maximum atomic E-state index is 9.14. The van der Waals surface area contributed by atoms with E-state index in [2.05, 4.69) is 5.43 Å². The molecule has 0 saturated heterocycles. The Labute approximate surface area is 65.8 Å². The summed E-state index contributed by atoms with van der Waals surface area (Å²) in [4.78, 5) is 0. The van der Waals surface area contributed by atoms with Crippen molar-refractivity contribution in [3.63, 3.8) is 0 Å². The van der Waals surface area contributed by atoms with Crippen LogP contribution in [0.3, 0.4) is 0 Å². The van der Waals surface area contributed by atoms with Crippen molar-refractivity contribution in [3.8, 4) is 0 Å². The van der Waals surface area contributed by atoms with E-state index >= 15 is 0 Å². The van der Waals surface area contributed by atoms with Gasteiger partial charge in [-0.2, -0.15) is 0 Å². The smallest absolute Gasteiger partial charge is 0.0761 e. The Bertz CT molecular complexity index is 218. The summed E-state index contributed by atoms with van der Waals surface area (Å²) in [5.74, 6) is 5.16. The Balaban J connectivity index is 2.83. The van der Waals surface area contributed by atoms with Crippen molar-refractivity contribution in [1.82, 2.24) is 0 Å². The Hall–Kier alpha value is -1.06. The highest BCUT2D eigenvalue weighted by Gasteiger charge is 1.98. The molecule has 0 radical (unpaired) electrons. The van der Waals surface area contributed by atoms with Gasteiger partial charge in [0, 0.05) is 5.69 Å². The molecule has 1 aromatic carbocycles. The minimum Gasteiger partial charge on any atom is -0.389 e. The largest absolute Gasteiger partial charge is 0.389 e. The van der Waals surface area contributed by atoms with Crippen LogP contribution in [0.25, 0.3) is 0 Å². The fourth-order valence-corrected chi connectivity index (χ4v) is 0.858. The molecule has 1 unspecified atom stereocenters. The van der Waals surface area contributed by atoms with Crippen LogP contribution in [0.15, 0.2) is 24.3 Å². The molecule has 0 heterocycles. The van der Waals surface area contributed by atoms with Crippen molar-refractivity contribution in [2.24, 2.45) is 5.84 Å². The predicted molar refractivity (Wildman–Crippen MR) is 44.9 cm³/mol. The zero-order valence-corrected chi connectivity index (χ0v) is 6.41. The number of nitrogen functional groups attached to an aromatic ring is 1. The number of hydrogen-bond acceptors (Lipinski definition) is 3. The summed E-state index contributed by atoms with van der Waals surface area (Å²) < 4.78 is 0. The molecular weight excluding hydrogens is 140 g/mol. The second-order valence-corrected chi connectivity index (χ2v) is 2.44. The molecule has 0 aromatic heterocycles. The summed E-state index contributed by atoms with van der Waals surface area (Å²) in [5, 5.41) is 9.14. The summed E-state index contributed by atoms with van der Waals surface area (Å²) in [6.45, 7) is 1.73. The number of anilines is 1. The first-order chi connectivity index (χ1) is 5.24. The van der Waals surface area contributed by atoms with Gasteiger partial charge in [-0.1, -0.05) is 12.1 Å². The average Bonchev–Trinajstić information content (AvgIpc) is 2.05. The van der Waals surface area contributed by atoms with Gasteiger partial charge in [0.05, 0.1) is 6.10 Å². The maximum Gasteiger partial charge on any atom is 0.0761 e. The predicted octanol–water partition coefficient (Wildman–Crippen LogP) is 1.03. The molecular formula is C8H12N2O. The molecule has 0 bridgehead atoms. The summed E-state index contributed by atoms with van der Waals surface area (Å²) in [6.07, 6.45) is -0.415. The summed E-state index contributed by atoms with van der Waals surface area (Å²) in [7, 11) is 0. The number of nitrogens with one attached hydrogen (secondary N) is 1. The summed E-state index contributed by atoms with van der Waals surface area (Å²) >= 11 is 0. The molecule has 0 saturated carbocycles. The summed E-state index contributed by atoms with van der Waals surface area (Å²) in [6, 6.07) is 7.31. The van der Waals surface area contributed by atoms with E-state index in [1.54, 1.807) is 6.92 Å². The van der Waals surface area contributed by atoms with Crippen LogP contribution in [-0.2, 0) is 0 Å². The number of aliphatic hydroxyl groups is 1. The van der Waals surface area contributed by atoms with E-state index < -0.39 is 6.10 Å². The lowest BCUT2D eigenvalue weighted by Crippen LogP contribution is -2.06. The van der Waals surface area contributed by atoms with Crippen LogP contribution < -0.4 is 11.3 Å². The number of rotatable bonds is 2.